The summed E-state index contributed by atoms with van der Waals surface area (Å²) in [5, 5.41) is 0. The number of rotatable bonds is 1. The quantitative estimate of drug-likeness (QED) is 0.264. The number of benzene rings is 1. The second-order valence-electron chi connectivity index (χ2n) is 15.9. The lowest BCUT2D eigenvalue weighted by atomic mass is 10.0. The van der Waals surface area contributed by atoms with E-state index in [0.717, 1.165) is 23.7 Å². The Balaban J connectivity index is -0.0000000306. The maximum atomic E-state index is 2.20. The predicted octanol–water partition coefficient (Wildman–Crippen LogP) is 24.8. The summed E-state index contributed by atoms with van der Waals surface area (Å²) in [7, 11) is 0. The highest BCUT2D eigenvalue weighted by atomic mass is 14.0. The standard InChI is InChI=1S/C9H12.C6H12.C5H10.C4H8.4C4H10.C3H6.5C2H6.5CH4/c1-8(2)9-6-4-3-5-7-9;1-2-4-6-5-3-1;1-2-4-5-3-1;1-2-4-3-1;4*1-4(2)3;1-2-3-1;5*1-2;;;;;/h3-8H,1-2H3;1-6H2;1-5H2;1-4H2;4*4H,1-3H3;1-3H2;5*1-2H3;5*1H4. The molecule has 1 aromatic rings. The first-order valence-electron chi connectivity index (χ1n) is 24.3. The van der Waals surface area contributed by atoms with E-state index in [-0.39, 0.29) is 37.1 Å². The highest BCUT2D eigenvalue weighted by Crippen LogP contribution is 2.16. The van der Waals surface area contributed by atoms with Gasteiger partial charge >= 0.3 is 0 Å². The van der Waals surface area contributed by atoms with Crippen LogP contribution < -0.4 is 0 Å². The molecule has 0 heteroatoms. The molecule has 4 aliphatic rings. The van der Waals surface area contributed by atoms with E-state index in [4.69, 9.17) is 0 Å². The fourth-order valence-electron chi connectivity index (χ4n) is 3.03. The van der Waals surface area contributed by atoms with E-state index in [0.29, 0.717) is 5.92 Å². The molecular weight excluding hydrogens is 697 g/mol. The van der Waals surface area contributed by atoms with Crippen LogP contribution in [0.5, 0.6) is 0 Å². The fraction of sp³-hybridized carbons (Fsp3) is 0.897. The maximum Gasteiger partial charge on any atom is -0.0219 e. The molecule has 58 heavy (non-hydrogen) atoms. The van der Waals surface area contributed by atoms with Crippen molar-refractivity contribution in [2.75, 3.05) is 0 Å². The molecule has 0 heterocycles. The van der Waals surface area contributed by atoms with Crippen molar-refractivity contribution in [3.8, 4) is 0 Å². The van der Waals surface area contributed by atoms with Crippen molar-refractivity contribution in [3.05, 3.63) is 35.9 Å². The van der Waals surface area contributed by atoms with Gasteiger partial charge in [-0.15, -0.1) is 0 Å². The Morgan fingerprint density at radius 1 is 0.241 bits per heavy atom. The van der Waals surface area contributed by atoms with Gasteiger partial charge in [0.2, 0.25) is 0 Å². The molecule has 370 valence electrons. The third-order valence-electron chi connectivity index (χ3n) is 5.57. The van der Waals surface area contributed by atoms with Gasteiger partial charge in [0, 0.05) is 0 Å². The molecular formula is C58H138. The summed E-state index contributed by atoms with van der Waals surface area (Å²) in [6, 6.07) is 10.5. The summed E-state index contributed by atoms with van der Waals surface area (Å²) in [5.41, 5.74) is 1.41. The largest absolute Gasteiger partial charge is 0.0776 e. The molecule has 0 nitrogen and oxygen atoms in total. The molecule has 0 atom stereocenters. The van der Waals surface area contributed by atoms with Gasteiger partial charge in [-0.3, -0.25) is 0 Å². The molecule has 5 rings (SSSR count). The van der Waals surface area contributed by atoms with Gasteiger partial charge in [0.15, 0.2) is 0 Å². The molecule has 0 aliphatic heterocycles. The lowest BCUT2D eigenvalue weighted by Gasteiger charge is -2.05. The molecule has 0 radical (unpaired) electrons. The predicted molar refractivity (Wildman–Crippen MR) is 296 cm³/mol. The summed E-state index contributed by atoms with van der Waals surface area (Å²) < 4.78 is 0. The van der Waals surface area contributed by atoms with Crippen LogP contribution in [0.3, 0.4) is 0 Å². The topological polar surface area (TPSA) is 0 Å². The van der Waals surface area contributed by atoms with Crippen LogP contribution in [0.1, 0.15) is 330 Å². The van der Waals surface area contributed by atoms with Crippen LogP contribution in [0.15, 0.2) is 30.3 Å². The summed E-state index contributed by atoms with van der Waals surface area (Å²) >= 11 is 0. The van der Waals surface area contributed by atoms with Crippen molar-refractivity contribution in [2.24, 2.45) is 23.7 Å². The Hall–Kier alpha value is -0.780. The van der Waals surface area contributed by atoms with Crippen LogP contribution in [0.4, 0.5) is 0 Å². The van der Waals surface area contributed by atoms with Crippen LogP contribution in [0.25, 0.3) is 0 Å². The van der Waals surface area contributed by atoms with Gasteiger partial charge < -0.3 is 0 Å². The monoisotopic (exact) mass is 835 g/mol. The molecule has 0 N–H and O–H groups in total. The first-order chi connectivity index (χ1) is 25.2. The Labute approximate surface area is 382 Å². The maximum absolute atomic E-state index is 2.20. The zero-order valence-electron chi connectivity index (χ0n) is 43.0. The highest BCUT2D eigenvalue weighted by Gasteiger charge is 1.97. The summed E-state index contributed by atoms with van der Waals surface area (Å²) in [6.45, 7) is 50.4. The molecule has 4 saturated carbocycles. The van der Waals surface area contributed by atoms with Crippen molar-refractivity contribution >= 4 is 0 Å². The zero-order valence-corrected chi connectivity index (χ0v) is 43.0. The van der Waals surface area contributed by atoms with E-state index >= 15 is 0 Å². The van der Waals surface area contributed by atoms with Gasteiger partial charge in [0.1, 0.15) is 0 Å². The second-order valence-corrected chi connectivity index (χ2v) is 15.9. The summed E-state index contributed by atoms with van der Waals surface area (Å²) in [5.74, 6) is 3.99. The van der Waals surface area contributed by atoms with Crippen molar-refractivity contribution < 1.29 is 0 Å². The Bertz CT molecular complexity index is 476. The highest BCUT2D eigenvalue weighted by molar-refractivity contribution is 5.17. The van der Waals surface area contributed by atoms with E-state index < -0.39 is 0 Å². The van der Waals surface area contributed by atoms with E-state index in [2.05, 4.69) is 121 Å². The molecule has 0 bridgehead atoms. The first-order valence-corrected chi connectivity index (χ1v) is 24.3. The minimum atomic E-state index is 0. The van der Waals surface area contributed by atoms with Crippen LogP contribution in [-0.4, -0.2) is 0 Å². The van der Waals surface area contributed by atoms with Gasteiger partial charge in [-0.25, -0.2) is 0 Å². The van der Waals surface area contributed by atoms with E-state index in [9.17, 15) is 0 Å². The molecule has 4 aliphatic carbocycles. The van der Waals surface area contributed by atoms with Crippen molar-refractivity contribution in [3.63, 3.8) is 0 Å². The third kappa shape index (κ3) is 219. The van der Waals surface area contributed by atoms with E-state index in [1.165, 1.54) is 121 Å². The normalized spacial score (nSPS) is 12.0. The third-order valence-corrected chi connectivity index (χ3v) is 5.57. The van der Waals surface area contributed by atoms with Crippen molar-refractivity contribution in [2.45, 2.75) is 325 Å². The molecule has 0 amide bonds. The van der Waals surface area contributed by atoms with Crippen LogP contribution in [0.2, 0.25) is 0 Å². The summed E-state index contributed by atoms with van der Waals surface area (Å²) in [4.78, 5) is 0. The minimum absolute atomic E-state index is 0. The molecule has 0 saturated heterocycles. The molecule has 1 aromatic carbocycles. The van der Waals surface area contributed by atoms with E-state index in [1.54, 1.807) is 0 Å². The first kappa shape index (κ1) is 96.8. The van der Waals surface area contributed by atoms with Gasteiger partial charge in [-0.2, -0.15) is 0 Å². The average Bonchev–Trinajstić information content (AvgIpc) is 3.88. The molecule has 0 spiro atoms. The Morgan fingerprint density at radius 3 is 0.414 bits per heavy atom. The van der Waals surface area contributed by atoms with Crippen molar-refractivity contribution in [1.29, 1.82) is 0 Å². The van der Waals surface area contributed by atoms with Crippen molar-refractivity contribution in [1.82, 2.24) is 0 Å². The van der Waals surface area contributed by atoms with E-state index in [1.807, 2.05) is 75.3 Å². The summed E-state index contributed by atoms with van der Waals surface area (Å²) in [6.07, 6.45) is 27.0. The minimum Gasteiger partial charge on any atom is -0.0776 e. The lowest BCUT2D eigenvalue weighted by molar-refractivity contribution is 0.504. The zero-order chi connectivity index (χ0) is 43.7. The SMILES string of the molecule is C.C.C.C.C.C1CC1.C1CCC1.C1CCCC1.C1CCCCC1.CC.CC.CC.CC.CC.CC(C)C.CC(C)C.CC(C)C.CC(C)C.CC(C)c1ccccc1. The number of hydrogen-bond acceptors (Lipinski definition) is 0. The molecule has 4 fully saturated rings. The van der Waals surface area contributed by atoms with Gasteiger partial charge in [0.05, 0.1) is 0 Å². The molecule has 0 unspecified atom stereocenters. The smallest absolute Gasteiger partial charge is 0.0219 e. The molecule has 0 aromatic heterocycles. The van der Waals surface area contributed by atoms with Crippen LogP contribution >= 0.6 is 0 Å². The second kappa shape index (κ2) is 106. The fourth-order valence-corrected chi connectivity index (χ4v) is 3.03. The average molecular weight is 836 g/mol. The Morgan fingerprint density at radius 2 is 0.345 bits per heavy atom. The van der Waals surface area contributed by atoms with Gasteiger partial charge in [-0.1, -0.05) is 349 Å². The lowest BCUT2D eigenvalue weighted by Crippen LogP contribution is -1.85. The van der Waals surface area contributed by atoms with Crippen LogP contribution in [-0.2, 0) is 0 Å². The Kier molecular flexibility index (Phi) is 177. The van der Waals surface area contributed by atoms with Gasteiger partial charge in [0.25, 0.3) is 0 Å². The number of hydrogen-bond donors (Lipinski definition) is 0. The van der Waals surface area contributed by atoms with Crippen LogP contribution in [0, 0.1) is 23.7 Å². The van der Waals surface area contributed by atoms with Gasteiger partial charge in [-0.05, 0) is 35.2 Å².